The standard InChI is InChI=1S/C14H9Cl2N3/c15-9-6-10-12(11(16)7-9)18-14(19-13(10)17)8-4-2-1-3-5-8/h1-7H,(H2,17,18,19). The largest absolute Gasteiger partial charge is 0.383 e. The zero-order chi connectivity index (χ0) is 13.4. The highest BCUT2D eigenvalue weighted by molar-refractivity contribution is 6.38. The molecule has 0 aliphatic carbocycles. The van der Waals surface area contributed by atoms with Gasteiger partial charge in [-0.3, -0.25) is 0 Å². The molecule has 0 bridgehead atoms. The van der Waals surface area contributed by atoms with Crippen LogP contribution in [0.25, 0.3) is 22.3 Å². The zero-order valence-corrected chi connectivity index (χ0v) is 11.3. The van der Waals surface area contributed by atoms with Gasteiger partial charge in [0.2, 0.25) is 0 Å². The number of aromatic nitrogens is 2. The molecule has 0 aliphatic heterocycles. The van der Waals surface area contributed by atoms with Gasteiger partial charge in [-0.25, -0.2) is 9.97 Å². The van der Waals surface area contributed by atoms with Gasteiger partial charge in [-0.2, -0.15) is 0 Å². The van der Waals surface area contributed by atoms with Gasteiger partial charge in [0.15, 0.2) is 5.82 Å². The molecule has 2 aromatic carbocycles. The fraction of sp³-hybridized carbons (Fsp3) is 0. The maximum atomic E-state index is 6.16. The number of nitrogens with two attached hydrogens (primary N) is 1. The highest BCUT2D eigenvalue weighted by Crippen LogP contribution is 2.31. The lowest BCUT2D eigenvalue weighted by Crippen LogP contribution is -1.98. The van der Waals surface area contributed by atoms with Gasteiger partial charge < -0.3 is 5.73 Å². The molecule has 0 aliphatic rings. The highest BCUT2D eigenvalue weighted by Gasteiger charge is 2.10. The van der Waals surface area contributed by atoms with Gasteiger partial charge in [-0.15, -0.1) is 0 Å². The predicted octanol–water partition coefficient (Wildman–Crippen LogP) is 4.19. The number of nitrogens with zero attached hydrogens (tertiary/aromatic N) is 2. The van der Waals surface area contributed by atoms with E-state index >= 15 is 0 Å². The van der Waals surface area contributed by atoms with E-state index in [0.29, 0.717) is 32.6 Å². The first-order valence-corrected chi connectivity index (χ1v) is 6.38. The molecule has 19 heavy (non-hydrogen) atoms. The van der Waals surface area contributed by atoms with E-state index < -0.39 is 0 Å². The third-order valence-electron chi connectivity index (χ3n) is 2.78. The van der Waals surface area contributed by atoms with Crippen LogP contribution in [0.15, 0.2) is 42.5 Å². The van der Waals surface area contributed by atoms with Crippen LogP contribution in [0, 0.1) is 0 Å². The van der Waals surface area contributed by atoms with E-state index in [-0.39, 0.29) is 0 Å². The Balaban J connectivity index is 2.31. The second kappa shape index (κ2) is 4.68. The van der Waals surface area contributed by atoms with Crippen molar-refractivity contribution < 1.29 is 0 Å². The molecule has 3 rings (SSSR count). The molecule has 3 aromatic rings. The van der Waals surface area contributed by atoms with Crippen LogP contribution in [-0.4, -0.2) is 9.97 Å². The van der Waals surface area contributed by atoms with Gasteiger partial charge in [-0.1, -0.05) is 53.5 Å². The number of rotatable bonds is 1. The second-order valence-corrected chi connectivity index (χ2v) is 4.93. The van der Waals surface area contributed by atoms with E-state index in [1.807, 2.05) is 30.3 Å². The molecule has 94 valence electrons. The number of fused-ring (bicyclic) bond motifs is 1. The summed E-state index contributed by atoms with van der Waals surface area (Å²) >= 11 is 12.1. The lowest BCUT2D eigenvalue weighted by atomic mass is 10.2. The molecule has 2 N–H and O–H groups in total. The molecule has 0 atom stereocenters. The van der Waals surface area contributed by atoms with Crippen molar-refractivity contribution in [3.8, 4) is 11.4 Å². The van der Waals surface area contributed by atoms with E-state index in [4.69, 9.17) is 28.9 Å². The van der Waals surface area contributed by atoms with E-state index in [1.54, 1.807) is 12.1 Å². The van der Waals surface area contributed by atoms with Crippen LogP contribution in [0.4, 0.5) is 5.82 Å². The fourth-order valence-electron chi connectivity index (χ4n) is 1.90. The monoisotopic (exact) mass is 289 g/mol. The molecule has 1 aromatic heterocycles. The molecule has 0 saturated carbocycles. The van der Waals surface area contributed by atoms with E-state index in [1.165, 1.54) is 0 Å². The maximum Gasteiger partial charge on any atom is 0.162 e. The highest BCUT2D eigenvalue weighted by atomic mass is 35.5. The Hall–Kier alpha value is -1.84. The van der Waals surface area contributed by atoms with Crippen LogP contribution in [0.2, 0.25) is 10.0 Å². The van der Waals surface area contributed by atoms with Crippen molar-refractivity contribution in [1.82, 2.24) is 9.97 Å². The first-order valence-electron chi connectivity index (χ1n) is 5.63. The summed E-state index contributed by atoms with van der Waals surface area (Å²) in [5.41, 5.74) is 7.46. The van der Waals surface area contributed by atoms with Crippen LogP contribution in [0.5, 0.6) is 0 Å². The lowest BCUT2D eigenvalue weighted by molar-refractivity contribution is 1.23. The van der Waals surface area contributed by atoms with Crippen molar-refractivity contribution >= 4 is 39.9 Å². The van der Waals surface area contributed by atoms with Crippen molar-refractivity contribution in [2.75, 3.05) is 5.73 Å². The molecular weight excluding hydrogens is 281 g/mol. The Morgan fingerprint density at radius 2 is 1.68 bits per heavy atom. The first kappa shape index (κ1) is 12.2. The summed E-state index contributed by atoms with van der Waals surface area (Å²) in [6, 6.07) is 13.0. The number of halogens is 2. The Kier molecular flexibility index (Phi) is 3.01. The van der Waals surface area contributed by atoms with Crippen molar-refractivity contribution in [2.24, 2.45) is 0 Å². The average molecular weight is 290 g/mol. The Morgan fingerprint density at radius 1 is 0.947 bits per heavy atom. The topological polar surface area (TPSA) is 51.8 Å². The summed E-state index contributed by atoms with van der Waals surface area (Å²) in [6.45, 7) is 0. The minimum absolute atomic E-state index is 0.369. The Labute approximate surface area is 120 Å². The molecule has 0 saturated heterocycles. The molecule has 1 heterocycles. The van der Waals surface area contributed by atoms with Gasteiger partial charge in [-0.05, 0) is 12.1 Å². The molecule has 5 heteroatoms. The first-order chi connectivity index (χ1) is 9.15. The summed E-state index contributed by atoms with van der Waals surface area (Å²) in [4.78, 5) is 8.77. The molecule has 0 amide bonds. The minimum Gasteiger partial charge on any atom is -0.383 e. The van der Waals surface area contributed by atoms with Crippen molar-refractivity contribution in [3.05, 3.63) is 52.5 Å². The van der Waals surface area contributed by atoms with Crippen LogP contribution in [0.3, 0.4) is 0 Å². The van der Waals surface area contributed by atoms with Gasteiger partial charge in [0, 0.05) is 16.0 Å². The molecular formula is C14H9Cl2N3. The Bertz CT molecular complexity index is 757. The summed E-state index contributed by atoms with van der Waals surface area (Å²) in [7, 11) is 0. The van der Waals surface area contributed by atoms with E-state index in [9.17, 15) is 0 Å². The molecule has 0 unspecified atom stereocenters. The summed E-state index contributed by atoms with van der Waals surface area (Å²) in [5.74, 6) is 0.920. The quantitative estimate of drug-likeness (QED) is 0.731. The number of benzene rings is 2. The van der Waals surface area contributed by atoms with Gasteiger partial charge >= 0.3 is 0 Å². The average Bonchev–Trinajstić information content (AvgIpc) is 2.41. The molecule has 0 radical (unpaired) electrons. The zero-order valence-electron chi connectivity index (χ0n) is 9.77. The van der Waals surface area contributed by atoms with Crippen molar-refractivity contribution in [2.45, 2.75) is 0 Å². The Morgan fingerprint density at radius 3 is 2.42 bits per heavy atom. The summed E-state index contributed by atoms with van der Waals surface area (Å²) in [6.07, 6.45) is 0. The lowest BCUT2D eigenvalue weighted by Gasteiger charge is -2.07. The van der Waals surface area contributed by atoms with Crippen LogP contribution < -0.4 is 5.73 Å². The number of hydrogen-bond acceptors (Lipinski definition) is 3. The fourth-order valence-corrected chi connectivity index (χ4v) is 2.43. The maximum absolute atomic E-state index is 6.16. The van der Waals surface area contributed by atoms with E-state index in [0.717, 1.165) is 5.56 Å². The van der Waals surface area contributed by atoms with Crippen molar-refractivity contribution in [1.29, 1.82) is 0 Å². The SMILES string of the molecule is Nc1nc(-c2ccccc2)nc2c(Cl)cc(Cl)cc12. The smallest absolute Gasteiger partial charge is 0.162 e. The van der Waals surface area contributed by atoms with Crippen LogP contribution >= 0.6 is 23.2 Å². The van der Waals surface area contributed by atoms with E-state index in [2.05, 4.69) is 9.97 Å². The van der Waals surface area contributed by atoms with Gasteiger partial charge in [0.05, 0.1) is 10.5 Å². The molecule has 0 fully saturated rings. The van der Waals surface area contributed by atoms with Gasteiger partial charge in [0.25, 0.3) is 0 Å². The molecule has 0 spiro atoms. The third kappa shape index (κ3) is 2.23. The predicted molar refractivity (Wildman–Crippen MR) is 79.4 cm³/mol. The number of hydrogen-bond donors (Lipinski definition) is 1. The number of nitrogen functional groups attached to an aromatic ring is 1. The summed E-state index contributed by atoms with van der Waals surface area (Å²) in [5, 5.41) is 1.64. The minimum atomic E-state index is 0.369. The molecule has 3 nitrogen and oxygen atoms in total. The second-order valence-electron chi connectivity index (χ2n) is 4.08. The third-order valence-corrected chi connectivity index (χ3v) is 3.29. The van der Waals surface area contributed by atoms with Crippen LogP contribution in [0.1, 0.15) is 0 Å². The van der Waals surface area contributed by atoms with Crippen molar-refractivity contribution in [3.63, 3.8) is 0 Å². The van der Waals surface area contributed by atoms with Gasteiger partial charge in [0.1, 0.15) is 5.82 Å². The normalized spacial score (nSPS) is 10.8. The van der Waals surface area contributed by atoms with Crippen LogP contribution in [-0.2, 0) is 0 Å². The number of anilines is 1. The summed E-state index contributed by atoms with van der Waals surface area (Å²) < 4.78 is 0.